The van der Waals surface area contributed by atoms with Crippen LogP contribution in [0.5, 0.6) is 0 Å². The number of esters is 1. The molecule has 0 aliphatic heterocycles. The molecule has 0 radical (unpaired) electrons. The van der Waals surface area contributed by atoms with Crippen LogP contribution >= 0.6 is 7.82 Å². The Morgan fingerprint density at radius 1 is 0.636 bits per heavy atom. The van der Waals surface area contributed by atoms with E-state index in [1.165, 1.54) is 142 Å². The molecule has 2 atom stereocenters. The SMILES string of the molecule is CCCCCCCCCCCCCCCCCCCCCCCCCCC(=O)NCCOP(=O)(O)OCC(O)COC(C)=O. The van der Waals surface area contributed by atoms with Crippen molar-refractivity contribution in [3.63, 3.8) is 0 Å². The molecule has 0 saturated carbocycles. The molecule has 1 amide bonds. The van der Waals surface area contributed by atoms with Gasteiger partial charge in [0.15, 0.2) is 0 Å². The van der Waals surface area contributed by atoms with Crippen molar-refractivity contribution in [3.8, 4) is 0 Å². The number of nitrogens with one attached hydrogen (secondary N) is 1. The van der Waals surface area contributed by atoms with Gasteiger partial charge in [-0.15, -0.1) is 0 Å². The molecule has 0 aromatic heterocycles. The Kier molecular flexibility index (Phi) is 31.3. The van der Waals surface area contributed by atoms with Gasteiger partial charge in [-0.05, 0) is 6.42 Å². The van der Waals surface area contributed by atoms with Crippen molar-refractivity contribution in [2.24, 2.45) is 0 Å². The molecule has 0 spiro atoms. The van der Waals surface area contributed by atoms with Gasteiger partial charge < -0.3 is 20.1 Å². The normalized spacial score (nSPS) is 13.5. The molecule has 0 rings (SSSR count). The van der Waals surface area contributed by atoms with E-state index in [4.69, 9.17) is 4.52 Å². The van der Waals surface area contributed by atoms with Gasteiger partial charge in [-0.1, -0.05) is 155 Å². The Hall–Kier alpha value is -0.990. The van der Waals surface area contributed by atoms with Crippen molar-refractivity contribution in [3.05, 3.63) is 0 Å². The lowest BCUT2D eigenvalue weighted by molar-refractivity contribution is -0.144. The molecule has 9 nitrogen and oxygen atoms in total. The number of hydrogen-bond donors (Lipinski definition) is 3. The van der Waals surface area contributed by atoms with Crippen molar-refractivity contribution in [1.82, 2.24) is 5.32 Å². The topological polar surface area (TPSA) is 131 Å². The van der Waals surface area contributed by atoms with Crippen LogP contribution in [0.25, 0.3) is 0 Å². The summed E-state index contributed by atoms with van der Waals surface area (Å²) < 4.78 is 25.8. The van der Waals surface area contributed by atoms with Gasteiger partial charge in [0.25, 0.3) is 0 Å². The minimum atomic E-state index is -4.37. The molecule has 0 aromatic rings. The van der Waals surface area contributed by atoms with E-state index in [1.807, 2.05) is 0 Å². The molecule has 0 bridgehead atoms. The summed E-state index contributed by atoms with van der Waals surface area (Å²) in [5.74, 6) is -0.688. The quantitative estimate of drug-likeness (QED) is 0.0358. The predicted octanol–water partition coefficient (Wildman–Crippen LogP) is 8.93. The Balaban J connectivity index is 3.34. The summed E-state index contributed by atoms with van der Waals surface area (Å²) in [5.41, 5.74) is 0. The number of unbranched alkanes of at least 4 members (excludes halogenated alkanes) is 23. The highest BCUT2D eigenvalue weighted by atomic mass is 31.2. The number of carbonyl (C=O) groups excluding carboxylic acids is 2. The maximum absolute atomic E-state index is 11.9. The van der Waals surface area contributed by atoms with E-state index in [9.17, 15) is 24.2 Å². The number of carbonyl (C=O) groups is 2. The number of amides is 1. The Bertz CT molecular complexity index is 709. The fourth-order valence-corrected chi connectivity index (χ4v) is 5.92. The zero-order valence-corrected chi connectivity index (χ0v) is 29.3. The fourth-order valence-electron chi connectivity index (χ4n) is 5.17. The molecule has 0 aromatic carbocycles. The molecule has 0 heterocycles. The average molecular weight is 650 g/mol. The van der Waals surface area contributed by atoms with Gasteiger partial charge in [-0.2, -0.15) is 0 Å². The van der Waals surface area contributed by atoms with E-state index in [-0.39, 0.29) is 25.7 Å². The van der Waals surface area contributed by atoms with Crippen LogP contribution in [-0.4, -0.2) is 54.3 Å². The number of ether oxygens (including phenoxy) is 1. The lowest BCUT2D eigenvalue weighted by Gasteiger charge is -2.15. The van der Waals surface area contributed by atoms with Crippen molar-refractivity contribution < 1.29 is 37.9 Å². The second-order valence-corrected chi connectivity index (χ2v) is 13.7. The summed E-state index contributed by atoms with van der Waals surface area (Å²) in [6, 6.07) is 0. The third-order valence-electron chi connectivity index (χ3n) is 7.85. The minimum absolute atomic E-state index is 0.0855. The van der Waals surface area contributed by atoms with E-state index < -0.39 is 26.5 Å². The summed E-state index contributed by atoms with van der Waals surface area (Å²) in [5, 5.41) is 12.2. The second kappa shape index (κ2) is 32.0. The molecule has 0 aliphatic rings. The van der Waals surface area contributed by atoms with Crippen molar-refractivity contribution >= 4 is 19.7 Å². The smallest absolute Gasteiger partial charge is 0.463 e. The highest BCUT2D eigenvalue weighted by Gasteiger charge is 2.23. The van der Waals surface area contributed by atoms with Gasteiger partial charge in [0.05, 0.1) is 13.2 Å². The number of phosphoric acid groups is 1. The summed E-state index contributed by atoms with van der Waals surface area (Å²) in [4.78, 5) is 32.2. The highest BCUT2D eigenvalue weighted by Crippen LogP contribution is 2.42. The summed E-state index contributed by atoms with van der Waals surface area (Å²) in [7, 11) is -4.37. The number of rotatable bonds is 34. The first-order valence-electron chi connectivity index (χ1n) is 18.0. The van der Waals surface area contributed by atoms with Gasteiger partial charge in [0.1, 0.15) is 12.7 Å². The molecule has 3 N–H and O–H groups in total. The van der Waals surface area contributed by atoms with Crippen LogP contribution < -0.4 is 5.32 Å². The van der Waals surface area contributed by atoms with Crippen LogP contribution in [0.15, 0.2) is 0 Å². The van der Waals surface area contributed by atoms with Crippen molar-refractivity contribution in [2.45, 2.75) is 180 Å². The summed E-state index contributed by atoms with van der Waals surface area (Å²) in [6.07, 6.45) is 31.4. The van der Waals surface area contributed by atoms with Gasteiger partial charge in [0.2, 0.25) is 5.91 Å². The first-order chi connectivity index (χ1) is 21.3. The molecule has 0 fully saturated rings. The Morgan fingerprint density at radius 2 is 1.02 bits per heavy atom. The van der Waals surface area contributed by atoms with E-state index in [2.05, 4.69) is 21.5 Å². The second-order valence-electron chi connectivity index (χ2n) is 12.3. The van der Waals surface area contributed by atoms with Crippen LogP contribution in [0.1, 0.15) is 174 Å². The molecule has 0 aliphatic carbocycles. The first kappa shape index (κ1) is 43.0. The average Bonchev–Trinajstić information content (AvgIpc) is 2.99. The molecule has 10 heteroatoms. The Morgan fingerprint density at radius 3 is 1.41 bits per heavy atom. The van der Waals surface area contributed by atoms with Crippen LogP contribution in [0.4, 0.5) is 0 Å². The van der Waals surface area contributed by atoms with Gasteiger partial charge in [-0.3, -0.25) is 18.6 Å². The summed E-state index contributed by atoms with van der Waals surface area (Å²) in [6.45, 7) is 2.50. The largest absolute Gasteiger partial charge is 0.472 e. The fraction of sp³-hybridized carbons (Fsp3) is 0.941. The molecular formula is C34H68NO8P. The lowest BCUT2D eigenvalue weighted by Crippen LogP contribution is -2.27. The molecular weight excluding hydrogens is 581 g/mol. The number of phosphoric ester groups is 1. The zero-order valence-electron chi connectivity index (χ0n) is 28.4. The van der Waals surface area contributed by atoms with E-state index >= 15 is 0 Å². The van der Waals surface area contributed by atoms with Crippen LogP contribution in [-0.2, 0) is 27.9 Å². The number of aliphatic hydroxyl groups excluding tert-OH is 1. The lowest BCUT2D eigenvalue weighted by atomic mass is 10.0. The van der Waals surface area contributed by atoms with E-state index in [0.29, 0.717) is 6.42 Å². The predicted molar refractivity (Wildman–Crippen MR) is 178 cm³/mol. The molecule has 262 valence electrons. The van der Waals surface area contributed by atoms with Crippen molar-refractivity contribution in [1.29, 1.82) is 0 Å². The molecule has 44 heavy (non-hydrogen) atoms. The van der Waals surface area contributed by atoms with Gasteiger partial charge >= 0.3 is 13.8 Å². The van der Waals surface area contributed by atoms with E-state index in [1.54, 1.807) is 0 Å². The van der Waals surface area contributed by atoms with E-state index in [0.717, 1.165) is 19.3 Å². The van der Waals surface area contributed by atoms with Crippen LogP contribution in [0.3, 0.4) is 0 Å². The first-order valence-corrected chi connectivity index (χ1v) is 19.5. The standard InChI is InChI=1S/C34H68NO8P/c1-3-4-5-6-7-8-9-10-11-12-13-14-15-16-17-18-19-20-21-22-23-24-25-26-27-34(38)35-28-29-42-44(39,40)43-31-33(37)30-41-32(2)36/h33,37H,3-31H2,1-2H3,(H,35,38)(H,39,40). The monoisotopic (exact) mass is 649 g/mol. The summed E-state index contributed by atoms with van der Waals surface area (Å²) >= 11 is 0. The van der Waals surface area contributed by atoms with Crippen molar-refractivity contribution in [2.75, 3.05) is 26.4 Å². The van der Waals surface area contributed by atoms with Gasteiger partial charge in [-0.25, -0.2) is 4.57 Å². The Labute approximate surface area is 269 Å². The third kappa shape index (κ3) is 33.9. The maximum Gasteiger partial charge on any atom is 0.472 e. The van der Waals surface area contributed by atoms with Gasteiger partial charge in [0, 0.05) is 19.9 Å². The highest BCUT2D eigenvalue weighted by molar-refractivity contribution is 7.47. The molecule has 0 saturated heterocycles. The minimum Gasteiger partial charge on any atom is -0.463 e. The van der Waals surface area contributed by atoms with Crippen LogP contribution in [0.2, 0.25) is 0 Å². The molecule has 2 unspecified atom stereocenters. The third-order valence-corrected chi connectivity index (χ3v) is 8.83. The number of hydrogen-bond acceptors (Lipinski definition) is 7. The zero-order chi connectivity index (χ0) is 32.6. The van der Waals surface area contributed by atoms with Crippen LogP contribution in [0, 0.1) is 0 Å². The maximum atomic E-state index is 11.9. The number of aliphatic hydroxyl groups is 1.